The Morgan fingerprint density at radius 1 is 0.765 bits per heavy atom. The van der Waals surface area contributed by atoms with Crippen LogP contribution in [0, 0.1) is 11.6 Å². The number of nitrogens with two attached hydrogens (primary N) is 1. The SMILES string of the molecule is CCOC(=O)C(=O)Cc1ccc(Cl)c(F)c1.N[C@@H]1c2ccccc2C[C@@H]1O.O=C(Cc1ccc(Cl)c(F)c1)C(=O)N[C@@H]1c2ccccc2C[C@@H]1O. The van der Waals surface area contributed by atoms with Gasteiger partial charge in [-0.25, -0.2) is 13.6 Å². The fourth-order valence-corrected chi connectivity index (χ4v) is 5.84. The molecular formula is C38H36Cl2F2N2O7. The van der Waals surface area contributed by atoms with E-state index in [1.165, 1.54) is 29.8 Å². The van der Waals surface area contributed by atoms with Crippen LogP contribution in [0.3, 0.4) is 0 Å². The lowest BCUT2D eigenvalue weighted by Gasteiger charge is -2.17. The number of esters is 1. The monoisotopic (exact) mass is 740 g/mol. The Balaban J connectivity index is 0.000000186. The Hall–Kier alpha value is -4.52. The quantitative estimate of drug-likeness (QED) is 0.143. The van der Waals surface area contributed by atoms with E-state index in [-0.39, 0.29) is 41.6 Å². The summed E-state index contributed by atoms with van der Waals surface area (Å²) in [4.78, 5) is 46.5. The van der Waals surface area contributed by atoms with Crippen LogP contribution < -0.4 is 11.1 Å². The molecule has 5 N–H and O–H groups in total. The zero-order valence-corrected chi connectivity index (χ0v) is 29.0. The van der Waals surface area contributed by atoms with Gasteiger partial charge in [0.05, 0.1) is 40.9 Å². The third-order valence-electron chi connectivity index (χ3n) is 8.20. The second-order valence-electron chi connectivity index (χ2n) is 11.8. The van der Waals surface area contributed by atoms with Crippen molar-refractivity contribution in [2.24, 2.45) is 5.73 Å². The first-order valence-electron chi connectivity index (χ1n) is 16.0. The molecule has 6 rings (SSSR count). The van der Waals surface area contributed by atoms with Crippen LogP contribution in [-0.4, -0.2) is 52.5 Å². The summed E-state index contributed by atoms with van der Waals surface area (Å²) >= 11 is 11.1. The zero-order chi connectivity index (χ0) is 37.2. The van der Waals surface area contributed by atoms with E-state index >= 15 is 0 Å². The van der Waals surface area contributed by atoms with Gasteiger partial charge in [0.2, 0.25) is 11.6 Å². The van der Waals surface area contributed by atoms with Crippen molar-refractivity contribution in [3.63, 3.8) is 0 Å². The zero-order valence-electron chi connectivity index (χ0n) is 27.5. The number of carbonyl (C=O) groups is 4. The highest BCUT2D eigenvalue weighted by Gasteiger charge is 2.33. The van der Waals surface area contributed by atoms with E-state index in [9.17, 15) is 38.2 Å². The van der Waals surface area contributed by atoms with E-state index < -0.39 is 47.2 Å². The molecule has 2 aliphatic rings. The van der Waals surface area contributed by atoms with E-state index in [4.69, 9.17) is 28.9 Å². The van der Waals surface area contributed by atoms with Gasteiger partial charge in [0.25, 0.3) is 5.91 Å². The van der Waals surface area contributed by atoms with Crippen molar-refractivity contribution < 1.29 is 42.9 Å². The average molecular weight is 742 g/mol. The predicted molar refractivity (Wildman–Crippen MR) is 187 cm³/mol. The molecule has 0 aromatic heterocycles. The number of benzene rings is 4. The highest BCUT2D eigenvalue weighted by atomic mass is 35.5. The Morgan fingerprint density at radius 2 is 1.25 bits per heavy atom. The molecule has 0 bridgehead atoms. The molecule has 0 radical (unpaired) electrons. The molecule has 0 saturated heterocycles. The second-order valence-corrected chi connectivity index (χ2v) is 12.6. The summed E-state index contributed by atoms with van der Waals surface area (Å²) in [6.45, 7) is 1.74. The van der Waals surface area contributed by atoms with Crippen LogP contribution in [0.5, 0.6) is 0 Å². The molecule has 13 heteroatoms. The predicted octanol–water partition coefficient (Wildman–Crippen LogP) is 5.12. The Bertz CT molecular complexity index is 1910. The summed E-state index contributed by atoms with van der Waals surface area (Å²) in [6.07, 6.45) is -0.439. The minimum absolute atomic E-state index is 0.0210. The number of Topliss-reactive ketones (excluding diaryl/α,β-unsaturated/α-hetero) is 2. The maximum Gasteiger partial charge on any atom is 0.374 e. The minimum atomic E-state index is -0.905. The molecule has 9 nitrogen and oxygen atoms in total. The molecule has 0 unspecified atom stereocenters. The first-order valence-corrected chi connectivity index (χ1v) is 16.7. The van der Waals surface area contributed by atoms with Gasteiger partial charge in [-0.05, 0) is 64.6 Å². The van der Waals surface area contributed by atoms with Crippen LogP contribution in [0.15, 0.2) is 84.9 Å². The van der Waals surface area contributed by atoms with Crippen molar-refractivity contribution in [3.05, 3.63) is 140 Å². The van der Waals surface area contributed by atoms with Crippen molar-refractivity contribution in [2.45, 2.75) is 56.9 Å². The van der Waals surface area contributed by atoms with Gasteiger partial charge in [0.15, 0.2) is 0 Å². The number of ether oxygens (including phenoxy) is 1. The maximum absolute atomic E-state index is 13.4. The fraction of sp³-hybridized carbons (Fsp3) is 0.263. The number of amides is 1. The molecule has 0 aliphatic heterocycles. The van der Waals surface area contributed by atoms with Crippen LogP contribution in [0.4, 0.5) is 8.78 Å². The van der Waals surface area contributed by atoms with Crippen molar-refractivity contribution >= 4 is 46.6 Å². The third kappa shape index (κ3) is 10.5. The molecule has 0 saturated carbocycles. The van der Waals surface area contributed by atoms with Gasteiger partial charge in [-0.1, -0.05) is 83.9 Å². The van der Waals surface area contributed by atoms with Gasteiger partial charge in [-0.3, -0.25) is 14.4 Å². The normalized spacial score (nSPS) is 18.2. The summed E-state index contributed by atoms with van der Waals surface area (Å²) in [7, 11) is 0. The first kappa shape index (κ1) is 39.3. The minimum Gasteiger partial charge on any atom is -0.460 e. The molecule has 0 heterocycles. The van der Waals surface area contributed by atoms with Crippen molar-refractivity contribution in [3.8, 4) is 0 Å². The smallest absolute Gasteiger partial charge is 0.374 e. The van der Waals surface area contributed by atoms with Gasteiger partial charge < -0.3 is 26.0 Å². The molecule has 0 spiro atoms. The highest BCUT2D eigenvalue weighted by Crippen LogP contribution is 2.31. The van der Waals surface area contributed by atoms with E-state index in [0.717, 1.165) is 28.8 Å². The third-order valence-corrected chi connectivity index (χ3v) is 8.82. The van der Waals surface area contributed by atoms with E-state index in [1.807, 2.05) is 48.5 Å². The highest BCUT2D eigenvalue weighted by molar-refractivity contribution is 6.36. The lowest BCUT2D eigenvalue weighted by molar-refractivity contribution is -0.153. The summed E-state index contributed by atoms with van der Waals surface area (Å²) < 4.78 is 30.9. The molecule has 268 valence electrons. The number of halogens is 4. The van der Waals surface area contributed by atoms with Gasteiger partial charge in [-0.2, -0.15) is 0 Å². The van der Waals surface area contributed by atoms with E-state index in [2.05, 4.69) is 10.1 Å². The number of carbonyl (C=O) groups excluding carboxylic acids is 4. The Morgan fingerprint density at radius 3 is 1.78 bits per heavy atom. The standard InChI is InChI=1S/C18H15ClFNO3.C11H10ClFO3.C9H11NO/c19-13-6-5-10(7-14(13)20)8-16(23)18(24)21-17-12-4-2-1-3-11(12)9-15(17)22;1-2-16-11(15)10(14)6-7-3-4-8(12)9(13)5-7;10-9-7-4-2-1-3-6(7)5-8(9)11/h1-7,15,17,22H,8-9H2,(H,21,24);3-5H,2,6H2,1H3;1-4,8-9,11H,5,10H2/t15-,17+;;8-,9+/m0.0/s1. The topological polar surface area (TPSA) is 156 Å². The first-order chi connectivity index (χ1) is 24.3. The van der Waals surface area contributed by atoms with Crippen molar-refractivity contribution in [1.29, 1.82) is 0 Å². The molecular weight excluding hydrogens is 705 g/mol. The molecule has 4 aromatic rings. The Labute approximate surface area is 303 Å². The summed E-state index contributed by atoms with van der Waals surface area (Å²) in [5.41, 5.74) is 10.5. The Kier molecular flexibility index (Phi) is 13.9. The average Bonchev–Trinajstić information content (AvgIpc) is 3.58. The number of ketones is 2. The second kappa shape index (κ2) is 18.1. The van der Waals surface area contributed by atoms with E-state index in [1.54, 1.807) is 6.92 Å². The van der Waals surface area contributed by atoms with Crippen molar-refractivity contribution in [2.75, 3.05) is 6.61 Å². The van der Waals surface area contributed by atoms with Crippen LogP contribution in [-0.2, 0) is 49.6 Å². The van der Waals surface area contributed by atoms with Crippen LogP contribution >= 0.6 is 23.2 Å². The lowest BCUT2D eigenvalue weighted by atomic mass is 10.1. The van der Waals surface area contributed by atoms with Gasteiger partial charge in [0.1, 0.15) is 11.6 Å². The van der Waals surface area contributed by atoms with Crippen LogP contribution in [0.25, 0.3) is 0 Å². The van der Waals surface area contributed by atoms with Gasteiger partial charge >= 0.3 is 5.97 Å². The maximum atomic E-state index is 13.4. The lowest BCUT2D eigenvalue weighted by Crippen LogP contribution is -2.38. The summed E-state index contributed by atoms with van der Waals surface area (Å²) in [5, 5.41) is 22.0. The number of hydrogen-bond donors (Lipinski definition) is 4. The molecule has 1 amide bonds. The van der Waals surface area contributed by atoms with Crippen LogP contribution in [0.2, 0.25) is 10.0 Å². The number of aliphatic hydroxyl groups is 2. The van der Waals surface area contributed by atoms with E-state index in [0.29, 0.717) is 24.0 Å². The van der Waals surface area contributed by atoms with Gasteiger partial charge in [0, 0.05) is 25.7 Å². The fourth-order valence-electron chi connectivity index (χ4n) is 5.61. The number of hydrogen-bond acceptors (Lipinski definition) is 8. The molecule has 51 heavy (non-hydrogen) atoms. The number of aliphatic hydroxyl groups excluding tert-OH is 2. The van der Waals surface area contributed by atoms with Crippen LogP contribution in [0.1, 0.15) is 52.4 Å². The number of rotatable bonds is 8. The summed E-state index contributed by atoms with van der Waals surface area (Å²) in [5.74, 6) is -4.36. The molecule has 4 atom stereocenters. The van der Waals surface area contributed by atoms with Gasteiger partial charge in [-0.15, -0.1) is 0 Å². The largest absolute Gasteiger partial charge is 0.460 e. The molecule has 0 fully saturated rings. The molecule has 2 aliphatic carbocycles. The molecule has 4 aromatic carbocycles. The number of nitrogens with one attached hydrogen (secondary N) is 1. The summed E-state index contributed by atoms with van der Waals surface area (Å²) in [6, 6.07) is 22.4. The van der Waals surface area contributed by atoms with Crippen molar-refractivity contribution in [1.82, 2.24) is 5.32 Å². The number of fused-ring (bicyclic) bond motifs is 2.